The molecule has 25 heavy (non-hydrogen) atoms. The van der Waals surface area contributed by atoms with E-state index in [9.17, 15) is 4.79 Å². The summed E-state index contributed by atoms with van der Waals surface area (Å²) >= 11 is 0. The zero-order valence-corrected chi connectivity index (χ0v) is 14.7. The van der Waals surface area contributed by atoms with Gasteiger partial charge in [0, 0.05) is 30.3 Å². The molecule has 1 atom stereocenters. The molecule has 1 amide bonds. The highest BCUT2D eigenvalue weighted by atomic mass is 16.2. The lowest BCUT2D eigenvalue weighted by atomic mass is 10.1. The lowest BCUT2D eigenvalue weighted by Gasteiger charge is -2.18. The van der Waals surface area contributed by atoms with E-state index in [2.05, 4.69) is 29.6 Å². The molecule has 1 aromatic carbocycles. The number of aryl methyl sites for hydroxylation is 2. The largest absolute Gasteiger partial charge is 0.316 e. The van der Waals surface area contributed by atoms with Gasteiger partial charge in [-0.25, -0.2) is 9.97 Å². The van der Waals surface area contributed by atoms with E-state index in [1.807, 2.05) is 17.9 Å². The number of amides is 1. The molecule has 1 N–H and O–H groups in total. The van der Waals surface area contributed by atoms with E-state index in [0.717, 1.165) is 61.8 Å². The summed E-state index contributed by atoms with van der Waals surface area (Å²) in [5.74, 6) is 2.27. The van der Waals surface area contributed by atoms with Crippen LogP contribution in [-0.4, -0.2) is 35.5 Å². The number of aromatic nitrogens is 2. The van der Waals surface area contributed by atoms with Gasteiger partial charge < -0.3 is 5.32 Å². The molecule has 3 heterocycles. The van der Waals surface area contributed by atoms with Crippen molar-refractivity contribution < 1.29 is 4.79 Å². The Hall–Kier alpha value is -2.27. The van der Waals surface area contributed by atoms with E-state index in [1.165, 1.54) is 5.56 Å². The Morgan fingerprint density at radius 1 is 1.24 bits per heavy atom. The third-order valence-electron chi connectivity index (χ3n) is 5.21. The Morgan fingerprint density at radius 3 is 2.84 bits per heavy atom. The molecular weight excluding hydrogens is 312 g/mol. The number of benzene rings is 1. The summed E-state index contributed by atoms with van der Waals surface area (Å²) in [6.07, 6.45) is 3.43. The van der Waals surface area contributed by atoms with Crippen LogP contribution in [0.5, 0.6) is 0 Å². The first-order valence-corrected chi connectivity index (χ1v) is 9.15. The molecule has 0 radical (unpaired) electrons. The first-order chi connectivity index (χ1) is 12.2. The van der Waals surface area contributed by atoms with Crippen LogP contribution < -0.4 is 10.2 Å². The predicted octanol–water partition coefficient (Wildman–Crippen LogP) is 2.38. The number of carbonyl (C=O) groups is 1. The number of nitrogens with zero attached hydrogens (tertiary/aromatic N) is 3. The summed E-state index contributed by atoms with van der Waals surface area (Å²) < 4.78 is 0. The number of nitrogens with one attached hydrogen (secondary N) is 1. The monoisotopic (exact) mass is 336 g/mol. The maximum atomic E-state index is 12.5. The molecule has 2 aliphatic rings. The van der Waals surface area contributed by atoms with Crippen molar-refractivity contribution in [3.05, 3.63) is 53.0 Å². The molecule has 0 spiro atoms. The summed E-state index contributed by atoms with van der Waals surface area (Å²) in [4.78, 5) is 23.9. The minimum Gasteiger partial charge on any atom is -0.316 e. The fraction of sp³-hybridized carbons (Fsp3) is 0.450. The van der Waals surface area contributed by atoms with Crippen molar-refractivity contribution in [2.45, 2.75) is 38.5 Å². The van der Waals surface area contributed by atoms with Crippen molar-refractivity contribution >= 4 is 11.7 Å². The van der Waals surface area contributed by atoms with Gasteiger partial charge in [0.2, 0.25) is 5.91 Å². The maximum absolute atomic E-state index is 12.5. The highest BCUT2D eigenvalue weighted by Gasteiger charge is 2.32. The van der Waals surface area contributed by atoms with Crippen molar-refractivity contribution in [2.24, 2.45) is 0 Å². The Labute approximate surface area is 148 Å². The molecule has 0 bridgehead atoms. The van der Waals surface area contributed by atoms with Crippen molar-refractivity contribution in [1.29, 1.82) is 0 Å². The third kappa shape index (κ3) is 3.29. The summed E-state index contributed by atoms with van der Waals surface area (Å²) in [5.41, 5.74) is 3.29. The highest BCUT2D eigenvalue weighted by molar-refractivity contribution is 6.00. The second-order valence-electron chi connectivity index (χ2n) is 6.97. The first kappa shape index (κ1) is 16.2. The molecule has 1 aromatic heterocycles. The van der Waals surface area contributed by atoms with Gasteiger partial charge in [-0.2, -0.15) is 0 Å². The number of hydrogen-bond acceptors (Lipinski definition) is 4. The lowest BCUT2D eigenvalue weighted by molar-refractivity contribution is -0.117. The van der Waals surface area contributed by atoms with Crippen molar-refractivity contribution in [1.82, 2.24) is 15.3 Å². The molecule has 1 fully saturated rings. The van der Waals surface area contributed by atoms with Gasteiger partial charge in [-0.15, -0.1) is 0 Å². The molecule has 5 nitrogen and oxygen atoms in total. The van der Waals surface area contributed by atoms with E-state index in [-0.39, 0.29) is 5.91 Å². The van der Waals surface area contributed by atoms with Gasteiger partial charge in [0.25, 0.3) is 0 Å². The zero-order valence-electron chi connectivity index (χ0n) is 14.7. The number of anilines is 1. The van der Waals surface area contributed by atoms with Crippen LogP contribution in [0.25, 0.3) is 0 Å². The molecule has 1 saturated heterocycles. The maximum Gasteiger partial charge on any atom is 0.232 e. The fourth-order valence-corrected chi connectivity index (χ4v) is 3.77. The predicted molar refractivity (Wildman–Crippen MR) is 97.8 cm³/mol. The molecule has 4 rings (SSSR count). The Kier molecular flexibility index (Phi) is 4.49. The first-order valence-electron chi connectivity index (χ1n) is 9.15. The van der Waals surface area contributed by atoms with E-state index in [1.54, 1.807) is 0 Å². The average molecular weight is 336 g/mol. The van der Waals surface area contributed by atoms with Gasteiger partial charge in [0.1, 0.15) is 11.6 Å². The van der Waals surface area contributed by atoms with E-state index < -0.39 is 0 Å². The van der Waals surface area contributed by atoms with Gasteiger partial charge in [0.15, 0.2) is 0 Å². The fourth-order valence-electron chi connectivity index (χ4n) is 3.77. The van der Waals surface area contributed by atoms with Crippen LogP contribution in [-0.2, 0) is 17.6 Å². The molecule has 0 aliphatic carbocycles. The van der Waals surface area contributed by atoms with E-state index in [0.29, 0.717) is 12.3 Å². The normalized spacial score (nSPS) is 19.5. The second kappa shape index (κ2) is 6.92. The quantitative estimate of drug-likeness (QED) is 0.911. The summed E-state index contributed by atoms with van der Waals surface area (Å²) in [6, 6.07) is 10.4. The summed E-state index contributed by atoms with van der Waals surface area (Å²) in [7, 11) is 0. The summed E-state index contributed by atoms with van der Waals surface area (Å²) in [6.45, 7) is 4.68. The second-order valence-corrected chi connectivity index (χ2v) is 6.97. The third-order valence-corrected chi connectivity index (χ3v) is 5.21. The number of hydrogen-bond donors (Lipinski definition) is 1. The minimum absolute atomic E-state index is 0.155. The van der Waals surface area contributed by atoms with Crippen LogP contribution in [0.1, 0.15) is 41.4 Å². The van der Waals surface area contributed by atoms with Crippen LogP contribution in [0.3, 0.4) is 0 Å². The average Bonchev–Trinajstić information content (AvgIpc) is 3.25. The number of carbonyl (C=O) groups excluding carboxylic acids is 1. The highest BCUT2D eigenvalue weighted by Crippen LogP contribution is 2.31. The molecule has 2 aliphatic heterocycles. The zero-order chi connectivity index (χ0) is 17.2. The topological polar surface area (TPSA) is 58.1 Å². The van der Waals surface area contributed by atoms with Crippen LogP contribution in [0, 0.1) is 6.92 Å². The molecule has 2 aromatic rings. The smallest absolute Gasteiger partial charge is 0.232 e. The molecule has 1 unspecified atom stereocenters. The van der Waals surface area contributed by atoms with Crippen LogP contribution >= 0.6 is 0 Å². The van der Waals surface area contributed by atoms with E-state index >= 15 is 0 Å². The van der Waals surface area contributed by atoms with Gasteiger partial charge in [0.05, 0.1) is 6.42 Å². The Morgan fingerprint density at radius 2 is 2.08 bits per heavy atom. The number of fused-ring (bicyclic) bond motifs is 1. The Bertz CT molecular complexity index is 769. The van der Waals surface area contributed by atoms with Crippen LogP contribution in [0.2, 0.25) is 0 Å². The standard InChI is InChI=1S/C20H24N4O/c1-14-17-12-18(25)24(11-5-8-15-6-3-2-4-7-15)20(17)23-19(22-14)16-9-10-21-13-16/h2-4,6-7,16,21H,5,8-13H2,1H3. The summed E-state index contributed by atoms with van der Waals surface area (Å²) in [5, 5.41) is 3.37. The van der Waals surface area contributed by atoms with Crippen LogP contribution in [0.15, 0.2) is 30.3 Å². The minimum atomic E-state index is 0.155. The Balaban J connectivity index is 1.51. The number of rotatable bonds is 5. The van der Waals surface area contributed by atoms with Crippen molar-refractivity contribution in [3.63, 3.8) is 0 Å². The van der Waals surface area contributed by atoms with Crippen molar-refractivity contribution in [2.75, 3.05) is 24.5 Å². The van der Waals surface area contributed by atoms with Gasteiger partial charge >= 0.3 is 0 Å². The van der Waals surface area contributed by atoms with Gasteiger partial charge in [-0.3, -0.25) is 9.69 Å². The molecule has 5 heteroatoms. The molecular formula is C20H24N4O. The lowest BCUT2D eigenvalue weighted by Crippen LogP contribution is -2.29. The van der Waals surface area contributed by atoms with E-state index in [4.69, 9.17) is 9.97 Å². The van der Waals surface area contributed by atoms with Crippen molar-refractivity contribution in [3.8, 4) is 0 Å². The molecule has 130 valence electrons. The van der Waals surface area contributed by atoms with Gasteiger partial charge in [-0.05, 0) is 38.3 Å². The SMILES string of the molecule is Cc1nc(C2CCNC2)nc2c1CC(=O)N2CCCc1ccccc1. The molecule has 0 saturated carbocycles. The van der Waals surface area contributed by atoms with Gasteiger partial charge in [-0.1, -0.05) is 30.3 Å². The van der Waals surface area contributed by atoms with Crippen LogP contribution in [0.4, 0.5) is 5.82 Å².